The average molecular weight is 282 g/mol. The van der Waals surface area contributed by atoms with Crippen LogP contribution in [0.3, 0.4) is 0 Å². The lowest BCUT2D eigenvalue weighted by atomic mass is 10.2. The van der Waals surface area contributed by atoms with Crippen molar-refractivity contribution in [1.82, 2.24) is 24.9 Å². The number of rotatable bonds is 5. The Hall–Kier alpha value is -1.33. The minimum atomic E-state index is 0.651. The predicted octanol–water partition coefficient (Wildman–Crippen LogP) is 1.91. The van der Waals surface area contributed by atoms with Crippen LogP contribution in [0, 0.1) is 6.92 Å². The van der Waals surface area contributed by atoms with Gasteiger partial charge in [-0.05, 0) is 20.4 Å². The zero-order chi connectivity index (χ0) is 14.0. The minimum absolute atomic E-state index is 0.651. The van der Waals surface area contributed by atoms with Gasteiger partial charge in [0.25, 0.3) is 0 Å². The quantitative estimate of drug-likeness (QED) is 0.911. The molecule has 0 fully saturated rings. The Kier molecular flexibility index (Phi) is 4.27. The fourth-order valence-electron chi connectivity index (χ4n) is 2.14. The second kappa shape index (κ2) is 5.75. The molecule has 0 aliphatic carbocycles. The van der Waals surface area contributed by atoms with Gasteiger partial charge in [0, 0.05) is 24.8 Å². The van der Waals surface area contributed by atoms with E-state index in [0.29, 0.717) is 6.54 Å². The van der Waals surface area contributed by atoms with Crippen molar-refractivity contribution in [2.24, 2.45) is 7.05 Å². The van der Waals surface area contributed by atoms with Crippen LogP contribution >= 0.6 is 11.6 Å². The van der Waals surface area contributed by atoms with Gasteiger partial charge in [-0.2, -0.15) is 10.2 Å². The fraction of sp³-hybridized carbons (Fsp3) is 0.538. The molecule has 2 heterocycles. The monoisotopic (exact) mass is 281 g/mol. The molecule has 0 radical (unpaired) electrons. The van der Waals surface area contributed by atoms with E-state index in [-0.39, 0.29) is 0 Å². The lowest BCUT2D eigenvalue weighted by Gasteiger charge is -2.06. The van der Waals surface area contributed by atoms with Gasteiger partial charge in [0.2, 0.25) is 0 Å². The fourth-order valence-corrected chi connectivity index (χ4v) is 2.50. The first-order chi connectivity index (χ1) is 9.08. The molecule has 19 heavy (non-hydrogen) atoms. The van der Waals surface area contributed by atoms with Crippen LogP contribution in [0.4, 0.5) is 0 Å². The summed E-state index contributed by atoms with van der Waals surface area (Å²) in [5, 5.41) is 12.8. The molecule has 0 saturated heterocycles. The molecule has 6 heteroatoms. The van der Waals surface area contributed by atoms with Crippen LogP contribution in [0.2, 0.25) is 5.02 Å². The van der Waals surface area contributed by atoms with Crippen molar-refractivity contribution in [2.75, 3.05) is 7.05 Å². The first-order valence-corrected chi connectivity index (χ1v) is 6.82. The van der Waals surface area contributed by atoms with Gasteiger partial charge in [-0.25, -0.2) is 0 Å². The number of aryl methyl sites for hydroxylation is 2. The normalized spacial score (nSPS) is 11.2. The molecule has 2 aromatic rings. The molecule has 0 amide bonds. The molecule has 0 bridgehead atoms. The SMILES string of the molecule is CCc1nn(C)c(Cn2ncc(CNC)c2C)c1Cl. The van der Waals surface area contributed by atoms with Gasteiger partial charge in [-0.3, -0.25) is 9.36 Å². The van der Waals surface area contributed by atoms with E-state index in [0.717, 1.165) is 35.1 Å². The number of hydrogen-bond donors (Lipinski definition) is 1. The molecule has 1 N–H and O–H groups in total. The molecule has 0 saturated carbocycles. The Morgan fingerprint density at radius 3 is 2.74 bits per heavy atom. The zero-order valence-electron chi connectivity index (χ0n) is 11.9. The van der Waals surface area contributed by atoms with Crippen LogP contribution in [0.1, 0.15) is 29.6 Å². The molecule has 2 rings (SSSR count). The molecule has 2 aromatic heterocycles. The van der Waals surface area contributed by atoms with Crippen molar-refractivity contribution in [3.8, 4) is 0 Å². The summed E-state index contributed by atoms with van der Waals surface area (Å²) < 4.78 is 3.81. The van der Waals surface area contributed by atoms with E-state index in [1.165, 1.54) is 5.56 Å². The van der Waals surface area contributed by atoms with Crippen molar-refractivity contribution in [3.63, 3.8) is 0 Å². The Bertz CT molecular complexity index is 570. The van der Waals surface area contributed by atoms with Crippen molar-refractivity contribution in [3.05, 3.63) is 33.9 Å². The van der Waals surface area contributed by atoms with Crippen LogP contribution in [0.25, 0.3) is 0 Å². The summed E-state index contributed by atoms with van der Waals surface area (Å²) >= 11 is 6.36. The predicted molar refractivity (Wildman–Crippen MR) is 76.4 cm³/mol. The topological polar surface area (TPSA) is 47.7 Å². The van der Waals surface area contributed by atoms with Crippen molar-refractivity contribution in [2.45, 2.75) is 33.4 Å². The van der Waals surface area contributed by atoms with Crippen LogP contribution in [-0.4, -0.2) is 26.6 Å². The molecule has 0 unspecified atom stereocenters. The third-order valence-corrected chi connectivity index (χ3v) is 3.81. The van der Waals surface area contributed by atoms with Gasteiger partial charge in [0.1, 0.15) is 0 Å². The smallest absolute Gasteiger partial charge is 0.0869 e. The summed E-state index contributed by atoms with van der Waals surface area (Å²) in [6, 6.07) is 0. The highest BCUT2D eigenvalue weighted by Gasteiger charge is 2.15. The lowest BCUT2D eigenvalue weighted by Crippen LogP contribution is -2.10. The van der Waals surface area contributed by atoms with Crippen LogP contribution in [-0.2, 0) is 26.6 Å². The van der Waals surface area contributed by atoms with Crippen LogP contribution in [0.15, 0.2) is 6.20 Å². The summed E-state index contributed by atoms with van der Waals surface area (Å²) in [7, 11) is 3.86. The van der Waals surface area contributed by atoms with Crippen LogP contribution < -0.4 is 5.32 Å². The van der Waals surface area contributed by atoms with Gasteiger partial charge in [-0.1, -0.05) is 18.5 Å². The number of aromatic nitrogens is 4. The van der Waals surface area contributed by atoms with Gasteiger partial charge in [0.05, 0.1) is 29.2 Å². The first-order valence-electron chi connectivity index (χ1n) is 6.44. The Morgan fingerprint density at radius 2 is 2.16 bits per heavy atom. The molecule has 0 aromatic carbocycles. The minimum Gasteiger partial charge on any atom is -0.316 e. The maximum atomic E-state index is 6.36. The Labute approximate surface area is 118 Å². The van der Waals surface area contributed by atoms with Crippen molar-refractivity contribution >= 4 is 11.6 Å². The van der Waals surface area contributed by atoms with E-state index in [4.69, 9.17) is 11.6 Å². The highest BCUT2D eigenvalue weighted by atomic mass is 35.5. The largest absolute Gasteiger partial charge is 0.316 e. The maximum Gasteiger partial charge on any atom is 0.0869 e. The molecular formula is C13H20ClN5. The third-order valence-electron chi connectivity index (χ3n) is 3.37. The highest BCUT2D eigenvalue weighted by Crippen LogP contribution is 2.22. The van der Waals surface area contributed by atoms with E-state index in [1.807, 2.05) is 29.7 Å². The van der Waals surface area contributed by atoms with Gasteiger partial charge in [-0.15, -0.1) is 0 Å². The Balaban J connectivity index is 2.29. The zero-order valence-corrected chi connectivity index (χ0v) is 12.6. The second-order valence-corrected chi connectivity index (χ2v) is 5.01. The number of nitrogens with one attached hydrogen (secondary N) is 1. The van der Waals surface area contributed by atoms with Gasteiger partial charge < -0.3 is 5.32 Å². The molecule has 104 valence electrons. The third kappa shape index (κ3) is 2.67. The average Bonchev–Trinajstić information content (AvgIpc) is 2.86. The maximum absolute atomic E-state index is 6.36. The highest BCUT2D eigenvalue weighted by molar-refractivity contribution is 6.31. The van der Waals surface area contributed by atoms with Crippen molar-refractivity contribution in [1.29, 1.82) is 0 Å². The van der Waals surface area contributed by atoms with E-state index in [1.54, 1.807) is 0 Å². The van der Waals surface area contributed by atoms with Crippen LogP contribution in [0.5, 0.6) is 0 Å². The van der Waals surface area contributed by atoms with E-state index in [2.05, 4.69) is 29.4 Å². The summed E-state index contributed by atoms with van der Waals surface area (Å²) in [5.41, 5.74) is 4.31. The number of hydrogen-bond acceptors (Lipinski definition) is 3. The lowest BCUT2D eigenvalue weighted by molar-refractivity contribution is 0.604. The molecular weight excluding hydrogens is 262 g/mol. The van der Waals surface area contributed by atoms with Gasteiger partial charge >= 0.3 is 0 Å². The first kappa shape index (κ1) is 14.1. The Morgan fingerprint density at radius 1 is 1.42 bits per heavy atom. The summed E-state index contributed by atoms with van der Waals surface area (Å²) in [5.74, 6) is 0. The summed E-state index contributed by atoms with van der Waals surface area (Å²) in [6.07, 6.45) is 2.74. The van der Waals surface area contributed by atoms with Gasteiger partial charge in [0.15, 0.2) is 0 Å². The van der Waals surface area contributed by atoms with E-state index < -0.39 is 0 Å². The standard InChI is InChI=1S/C13H20ClN5/c1-5-11-13(14)12(18(4)17-11)8-19-9(2)10(6-15-3)7-16-19/h7,15H,5-6,8H2,1-4H3. The summed E-state index contributed by atoms with van der Waals surface area (Å²) in [4.78, 5) is 0. The molecule has 0 aliphatic heterocycles. The molecule has 0 spiro atoms. The molecule has 0 atom stereocenters. The molecule has 5 nitrogen and oxygen atoms in total. The van der Waals surface area contributed by atoms with E-state index in [9.17, 15) is 0 Å². The number of halogens is 1. The van der Waals surface area contributed by atoms with E-state index >= 15 is 0 Å². The van der Waals surface area contributed by atoms with Crippen molar-refractivity contribution < 1.29 is 0 Å². The summed E-state index contributed by atoms with van der Waals surface area (Å²) in [6.45, 7) is 5.61. The molecule has 0 aliphatic rings. The second-order valence-electron chi connectivity index (χ2n) is 4.63. The number of nitrogens with zero attached hydrogens (tertiary/aromatic N) is 4.